The van der Waals surface area contributed by atoms with E-state index in [0.29, 0.717) is 13.3 Å². The monoisotopic (exact) mass is 256 g/mol. The first kappa shape index (κ1) is 12.4. The van der Waals surface area contributed by atoms with Gasteiger partial charge in [-0.05, 0) is 38.2 Å². The van der Waals surface area contributed by atoms with Crippen molar-refractivity contribution in [2.75, 3.05) is 0 Å². The molecule has 1 aromatic carbocycles. The highest BCUT2D eigenvalue weighted by Crippen LogP contribution is 2.22. The quantitative estimate of drug-likeness (QED) is 0.839. The summed E-state index contributed by atoms with van der Waals surface area (Å²) in [5.74, 6) is 1.08. The van der Waals surface area contributed by atoms with Gasteiger partial charge in [-0.3, -0.25) is 0 Å². The molecule has 3 rings (SSSR count). The maximum Gasteiger partial charge on any atom is 0.124 e. The highest BCUT2D eigenvalue weighted by molar-refractivity contribution is 5.19. The van der Waals surface area contributed by atoms with Crippen LogP contribution in [0.15, 0.2) is 30.3 Å². The average Bonchev–Trinajstić information content (AvgIpc) is 2.76. The lowest BCUT2D eigenvalue weighted by Gasteiger charge is -2.15. The van der Waals surface area contributed by atoms with Crippen LogP contribution in [0.25, 0.3) is 0 Å². The van der Waals surface area contributed by atoms with Crippen molar-refractivity contribution in [3.63, 3.8) is 0 Å². The Morgan fingerprint density at radius 1 is 1.16 bits per heavy atom. The fourth-order valence-corrected chi connectivity index (χ4v) is 2.74. The van der Waals surface area contributed by atoms with Gasteiger partial charge in [0, 0.05) is 5.69 Å². The zero-order valence-electron chi connectivity index (χ0n) is 11.4. The van der Waals surface area contributed by atoms with Gasteiger partial charge in [0.2, 0.25) is 0 Å². The molecular formula is C16H20N2O. The molecule has 0 saturated heterocycles. The molecule has 0 N–H and O–H groups in total. The van der Waals surface area contributed by atoms with E-state index < -0.39 is 0 Å². The van der Waals surface area contributed by atoms with Gasteiger partial charge in [0.15, 0.2) is 0 Å². The Morgan fingerprint density at radius 2 is 1.95 bits per heavy atom. The van der Waals surface area contributed by atoms with Gasteiger partial charge in [-0.2, -0.15) is 0 Å². The third-order valence-corrected chi connectivity index (χ3v) is 3.76. The Labute approximate surface area is 114 Å². The molecule has 2 aromatic rings. The number of rotatable bonds is 4. The van der Waals surface area contributed by atoms with E-state index in [0.717, 1.165) is 18.7 Å². The van der Waals surface area contributed by atoms with E-state index >= 15 is 0 Å². The molecule has 1 aliphatic carbocycles. The van der Waals surface area contributed by atoms with Crippen molar-refractivity contribution in [2.24, 2.45) is 0 Å². The molecule has 0 spiro atoms. The van der Waals surface area contributed by atoms with Gasteiger partial charge in [-0.1, -0.05) is 30.3 Å². The van der Waals surface area contributed by atoms with Crippen molar-refractivity contribution in [1.29, 1.82) is 0 Å². The molecule has 0 radical (unpaired) electrons. The van der Waals surface area contributed by atoms with Gasteiger partial charge in [-0.25, -0.2) is 4.98 Å². The lowest BCUT2D eigenvalue weighted by Crippen LogP contribution is -2.11. The maximum atomic E-state index is 5.83. The van der Waals surface area contributed by atoms with Crippen LogP contribution < -0.4 is 0 Å². The highest BCUT2D eigenvalue weighted by atomic mass is 16.5. The number of nitrogens with zero attached hydrogens (tertiary/aromatic N) is 2. The summed E-state index contributed by atoms with van der Waals surface area (Å²) in [7, 11) is 0. The standard InChI is InChI=1S/C16H20N2O/c1-13-17-15-9-5-6-10-16(15)18(13)12-19-11-14-7-3-2-4-8-14/h2-4,7-8H,5-6,9-12H2,1H3. The summed E-state index contributed by atoms with van der Waals surface area (Å²) in [5.41, 5.74) is 3.89. The van der Waals surface area contributed by atoms with Crippen LogP contribution in [0.4, 0.5) is 0 Å². The Morgan fingerprint density at radius 3 is 2.79 bits per heavy atom. The summed E-state index contributed by atoms with van der Waals surface area (Å²) in [6, 6.07) is 10.3. The first-order chi connectivity index (χ1) is 9.34. The zero-order chi connectivity index (χ0) is 13.1. The zero-order valence-corrected chi connectivity index (χ0v) is 11.4. The predicted octanol–water partition coefficient (Wildman–Crippen LogP) is 3.24. The van der Waals surface area contributed by atoms with Crippen LogP contribution in [0.3, 0.4) is 0 Å². The Balaban J connectivity index is 1.65. The third kappa shape index (κ3) is 2.71. The fourth-order valence-electron chi connectivity index (χ4n) is 2.74. The summed E-state index contributed by atoms with van der Waals surface area (Å²) in [5, 5.41) is 0. The number of hydrogen-bond donors (Lipinski definition) is 0. The molecule has 3 nitrogen and oxygen atoms in total. The minimum atomic E-state index is 0.614. The fraction of sp³-hybridized carbons (Fsp3) is 0.438. The summed E-state index contributed by atoms with van der Waals surface area (Å²) in [6.45, 7) is 3.35. The molecule has 0 unspecified atom stereocenters. The molecule has 0 saturated carbocycles. The molecule has 1 aliphatic rings. The highest BCUT2D eigenvalue weighted by Gasteiger charge is 2.17. The molecule has 0 fully saturated rings. The van der Waals surface area contributed by atoms with Crippen LogP contribution in [-0.4, -0.2) is 9.55 Å². The van der Waals surface area contributed by atoms with E-state index in [-0.39, 0.29) is 0 Å². The van der Waals surface area contributed by atoms with E-state index in [1.165, 1.54) is 29.8 Å². The van der Waals surface area contributed by atoms with Crippen molar-refractivity contribution >= 4 is 0 Å². The Kier molecular flexibility index (Phi) is 3.65. The van der Waals surface area contributed by atoms with E-state index in [2.05, 4.69) is 28.6 Å². The molecule has 100 valence electrons. The second-order valence-electron chi connectivity index (χ2n) is 5.15. The number of aromatic nitrogens is 2. The number of imidazole rings is 1. The molecule has 19 heavy (non-hydrogen) atoms. The SMILES string of the molecule is Cc1nc2c(n1COCc1ccccc1)CCCC2. The van der Waals surface area contributed by atoms with Gasteiger partial charge < -0.3 is 9.30 Å². The van der Waals surface area contributed by atoms with Crippen LogP contribution in [0, 0.1) is 6.92 Å². The minimum Gasteiger partial charge on any atom is -0.356 e. The number of fused-ring (bicyclic) bond motifs is 1. The normalized spacial score (nSPS) is 14.4. The molecule has 0 amide bonds. The predicted molar refractivity (Wildman–Crippen MR) is 74.8 cm³/mol. The van der Waals surface area contributed by atoms with Crippen LogP contribution in [0.1, 0.15) is 35.6 Å². The van der Waals surface area contributed by atoms with Crippen molar-refractivity contribution in [2.45, 2.75) is 45.9 Å². The van der Waals surface area contributed by atoms with Gasteiger partial charge in [0.25, 0.3) is 0 Å². The van der Waals surface area contributed by atoms with Crippen LogP contribution >= 0.6 is 0 Å². The van der Waals surface area contributed by atoms with Gasteiger partial charge in [-0.15, -0.1) is 0 Å². The minimum absolute atomic E-state index is 0.614. The van der Waals surface area contributed by atoms with Crippen molar-refractivity contribution in [3.05, 3.63) is 53.1 Å². The molecule has 3 heteroatoms. The first-order valence-corrected chi connectivity index (χ1v) is 7.01. The van der Waals surface area contributed by atoms with Gasteiger partial charge >= 0.3 is 0 Å². The summed E-state index contributed by atoms with van der Waals surface area (Å²) in [6.07, 6.45) is 4.82. The topological polar surface area (TPSA) is 27.1 Å². The molecule has 0 aliphatic heterocycles. The number of benzene rings is 1. The first-order valence-electron chi connectivity index (χ1n) is 7.01. The second kappa shape index (κ2) is 5.57. The summed E-state index contributed by atoms with van der Waals surface area (Å²) >= 11 is 0. The molecular weight excluding hydrogens is 236 g/mol. The lowest BCUT2D eigenvalue weighted by molar-refractivity contribution is 0.0608. The summed E-state index contributed by atoms with van der Waals surface area (Å²) in [4.78, 5) is 4.66. The number of aryl methyl sites for hydroxylation is 2. The van der Waals surface area contributed by atoms with Crippen LogP contribution in [0.2, 0.25) is 0 Å². The lowest BCUT2D eigenvalue weighted by atomic mass is 10.0. The van der Waals surface area contributed by atoms with Crippen molar-refractivity contribution in [3.8, 4) is 0 Å². The van der Waals surface area contributed by atoms with Crippen molar-refractivity contribution in [1.82, 2.24) is 9.55 Å². The second-order valence-corrected chi connectivity index (χ2v) is 5.15. The summed E-state index contributed by atoms with van der Waals surface area (Å²) < 4.78 is 8.07. The molecule has 1 heterocycles. The van der Waals surface area contributed by atoms with E-state index in [1.54, 1.807) is 0 Å². The number of ether oxygens (including phenoxy) is 1. The van der Waals surface area contributed by atoms with E-state index in [9.17, 15) is 0 Å². The number of hydrogen-bond acceptors (Lipinski definition) is 2. The molecule has 0 bridgehead atoms. The van der Waals surface area contributed by atoms with E-state index in [4.69, 9.17) is 4.74 Å². The van der Waals surface area contributed by atoms with Gasteiger partial charge in [0.1, 0.15) is 12.6 Å². The van der Waals surface area contributed by atoms with Gasteiger partial charge in [0.05, 0.1) is 12.3 Å². The largest absolute Gasteiger partial charge is 0.356 e. The average molecular weight is 256 g/mol. The van der Waals surface area contributed by atoms with Crippen LogP contribution in [-0.2, 0) is 30.9 Å². The van der Waals surface area contributed by atoms with E-state index in [1.807, 2.05) is 18.2 Å². The smallest absolute Gasteiger partial charge is 0.124 e. The third-order valence-electron chi connectivity index (χ3n) is 3.76. The maximum absolute atomic E-state index is 5.83. The van der Waals surface area contributed by atoms with Crippen molar-refractivity contribution < 1.29 is 4.74 Å². The van der Waals surface area contributed by atoms with Crippen LogP contribution in [0.5, 0.6) is 0 Å². The Hall–Kier alpha value is -1.61. The molecule has 1 aromatic heterocycles. The Bertz CT molecular complexity index is 545. The molecule has 0 atom stereocenters.